The molecular weight excluding hydrogens is 470 g/mol. The van der Waals surface area contributed by atoms with Crippen molar-refractivity contribution >= 4 is 15.2 Å². The first kappa shape index (κ1) is 24.3. The normalized spacial score (nSPS) is 12.9. The zero-order valence-electron chi connectivity index (χ0n) is 18.0. The van der Waals surface area contributed by atoms with Crippen LogP contribution in [0.2, 0.25) is 0 Å². The number of hydrogen-bond donors (Lipinski definition) is 4. The van der Waals surface area contributed by atoms with Gasteiger partial charge in [-0.05, 0) is 22.3 Å². The first-order valence-corrected chi connectivity index (χ1v) is 13.7. The van der Waals surface area contributed by atoms with Gasteiger partial charge in [-0.25, -0.2) is 0 Å². The van der Waals surface area contributed by atoms with Crippen LogP contribution >= 0.6 is 15.2 Å². The lowest BCUT2D eigenvalue weighted by Crippen LogP contribution is -2.50. The second kappa shape index (κ2) is 9.09. The van der Waals surface area contributed by atoms with Crippen molar-refractivity contribution in [2.75, 3.05) is 0 Å². The molecule has 0 fully saturated rings. The van der Waals surface area contributed by atoms with Gasteiger partial charge in [0.25, 0.3) is 0 Å². The minimum atomic E-state index is -5.39. The Labute approximate surface area is 197 Å². The molecule has 0 atom stereocenters. The van der Waals surface area contributed by atoms with Crippen LogP contribution in [-0.2, 0) is 19.4 Å². The van der Waals surface area contributed by atoms with Gasteiger partial charge in [0.2, 0.25) is 0 Å². The van der Waals surface area contributed by atoms with E-state index < -0.39 is 25.5 Å². The van der Waals surface area contributed by atoms with Gasteiger partial charge >= 0.3 is 15.2 Å². The SMILES string of the molecule is O=P(O)(O)C(c1ccccc1)(c1ccccc1)C(c1ccccc1)(c1ccccc1)P(=O)(O)O. The molecule has 0 aliphatic rings. The fourth-order valence-electron chi connectivity index (χ4n) is 4.98. The monoisotopic (exact) mass is 494 g/mol. The lowest BCUT2D eigenvalue weighted by atomic mass is 9.71. The third-order valence-electron chi connectivity index (χ3n) is 6.16. The molecule has 4 N–H and O–H groups in total. The summed E-state index contributed by atoms with van der Waals surface area (Å²) in [5.74, 6) is 0. The molecule has 0 bridgehead atoms. The summed E-state index contributed by atoms with van der Waals surface area (Å²) in [6.07, 6.45) is 0. The van der Waals surface area contributed by atoms with Gasteiger partial charge in [0, 0.05) is 0 Å². The van der Waals surface area contributed by atoms with Crippen LogP contribution in [0.1, 0.15) is 22.3 Å². The first-order valence-electron chi connectivity index (χ1n) is 10.5. The molecule has 0 saturated heterocycles. The van der Waals surface area contributed by atoms with Gasteiger partial charge in [0.1, 0.15) is 10.3 Å². The third-order valence-corrected chi connectivity index (χ3v) is 9.79. The fourth-order valence-corrected chi connectivity index (χ4v) is 9.06. The van der Waals surface area contributed by atoms with Gasteiger partial charge in [0.15, 0.2) is 0 Å². The van der Waals surface area contributed by atoms with Crippen LogP contribution in [0.15, 0.2) is 121 Å². The Hall–Kier alpha value is -2.82. The topological polar surface area (TPSA) is 115 Å². The average molecular weight is 494 g/mol. The second-order valence-electron chi connectivity index (χ2n) is 7.97. The van der Waals surface area contributed by atoms with E-state index in [9.17, 15) is 28.7 Å². The van der Waals surface area contributed by atoms with E-state index in [1.807, 2.05) is 0 Å². The molecule has 34 heavy (non-hydrogen) atoms. The van der Waals surface area contributed by atoms with E-state index >= 15 is 0 Å². The number of hydrogen-bond acceptors (Lipinski definition) is 2. The zero-order valence-corrected chi connectivity index (χ0v) is 19.8. The average Bonchev–Trinajstić information content (AvgIpc) is 2.83. The summed E-state index contributed by atoms with van der Waals surface area (Å²) in [7, 11) is -10.8. The Balaban J connectivity index is 2.39. The van der Waals surface area contributed by atoms with Crippen molar-refractivity contribution in [2.24, 2.45) is 0 Å². The molecule has 0 aliphatic heterocycles. The van der Waals surface area contributed by atoms with Crippen LogP contribution in [0.4, 0.5) is 0 Å². The Kier molecular flexibility index (Phi) is 6.50. The van der Waals surface area contributed by atoms with Crippen molar-refractivity contribution in [3.63, 3.8) is 0 Å². The summed E-state index contributed by atoms with van der Waals surface area (Å²) >= 11 is 0. The van der Waals surface area contributed by atoms with E-state index in [2.05, 4.69) is 0 Å². The van der Waals surface area contributed by atoms with E-state index in [0.717, 1.165) is 0 Å². The molecule has 0 amide bonds. The maximum absolute atomic E-state index is 13.8. The fraction of sp³-hybridized carbons (Fsp3) is 0.0769. The van der Waals surface area contributed by atoms with Crippen LogP contribution in [-0.4, -0.2) is 19.6 Å². The highest BCUT2D eigenvalue weighted by Gasteiger charge is 2.72. The summed E-state index contributed by atoms with van der Waals surface area (Å²) in [5.41, 5.74) is 0.354. The molecule has 0 radical (unpaired) electrons. The highest BCUT2D eigenvalue weighted by Crippen LogP contribution is 2.80. The molecule has 0 unspecified atom stereocenters. The van der Waals surface area contributed by atoms with Crippen molar-refractivity contribution in [2.45, 2.75) is 10.3 Å². The molecular formula is C26H24O6P2. The van der Waals surface area contributed by atoms with Crippen molar-refractivity contribution in [3.8, 4) is 0 Å². The molecule has 0 heterocycles. The predicted octanol–water partition coefficient (Wildman–Crippen LogP) is 5.23. The van der Waals surface area contributed by atoms with Crippen molar-refractivity contribution in [3.05, 3.63) is 144 Å². The lowest BCUT2D eigenvalue weighted by molar-refractivity contribution is 0.279. The van der Waals surface area contributed by atoms with Crippen molar-refractivity contribution < 1.29 is 28.7 Å². The highest BCUT2D eigenvalue weighted by atomic mass is 31.2. The van der Waals surface area contributed by atoms with E-state index in [4.69, 9.17) is 0 Å². The summed E-state index contributed by atoms with van der Waals surface area (Å²) in [5, 5.41) is -4.94. The maximum Gasteiger partial charge on any atom is 0.342 e. The van der Waals surface area contributed by atoms with Gasteiger partial charge in [-0.2, -0.15) is 0 Å². The van der Waals surface area contributed by atoms with E-state index in [1.165, 1.54) is 48.5 Å². The largest absolute Gasteiger partial charge is 0.342 e. The summed E-state index contributed by atoms with van der Waals surface area (Å²) in [6, 6.07) is 31.6. The van der Waals surface area contributed by atoms with Gasteiger partial charge in [-0.15, -0.1) is 0 Å². The summed E-state index contributed by atoms with van der Waals surface area (Å²) in [6.45, 7) is 0. The molecule has 4 aromatic carbocycles. The Bertz CT molecular complexity index is 1150. The zero-order chi connectivity index (χ0) is 24.5. The predicted molar refractivity (Wildman–Crippen MR) is 131 cm³/mol. The molecule has 0 spiro atoms. The molecule has 0 aliphatic carbocycles. The van der Waals surface area contributed by atoms with Gasteiger partial charge < -0.3 is 19.6 Å². The number of rotatable bonds is 7. The van der Waals surface area contributed by atoms with Gasteiger partial charge in [-0.3, -0.25) is 9.13 Å². The van der Waals surface area contributed by atoms with E-state index in [0.29, 0.717) is 0 Å². The molecule has 6 nitrogen and oxygen atoms in total. The lowest BCUT2D eigenvalue weighted by Gasteiger charge is -2.51. The maximum atomic E-state index is 13.8. The minimum absolute atomic E-state index is 0.0885. The van der Waals surface area contributed by atoms with Crippen molar-refractivity contribution in [1.82, 2.24) is 0 Å². The minimum Gasteiger partial charge on any atom is -0.324 e. The summed E-state index contributed by atoms with van der Waals surface area (Å²) < 4.78 is 27.7. The smallest absolute Gasteiger partial charge is 0.324 e. The van der Waals surface area contributed by atoms with Crippen LogP contribution in [0.3, 0.4) is 0 Å². The number of benzene rings is 4. The van der Waals surface area contributed by atoms with Crippen molar-refractivity contribution in [1.29, 1.82) is 0 Å². The summed E-state index contributed by atoms with van der Waals surface area (Å²) in [4.78, 5) is 44.9. The van der Waals surface area contributed by atoms with E-state index in [1.54, 1.807) is 72.8 Å². The standard InChI is InChI=1S/C26H24O6P2/c27-33(28,29)25(21-13-5-1-6-14-21,22-15-7-2-8-16-22)26(34(30,31)32,23-17-9-3-10-18-23)24-19-11-4-12-20-24/h1-20H,(H2,27,28,29)(H2,30,31,32). The Morgan fingerprint density at radius 1 is 0.382 bits per heavy atom. The highest BCUT2D eigenvalue weighted by molar-refractivity contribution is 7.58. The van der Waals surface area contributed by atoms with Crippen LogP contribution in [0.25, 0.3) is 0 Å². The molecule has 8 heteroatoms. The second-order valence-corrected chi connectivity index (χ2v) is 11.5. The quantitative estimate of drug-likeness (QED) is 0.262. The third kappa shape index (κ3) is 3.60. The van der Waals surface area contributed by atoms with Crippen LogP contribution in [0, 0.1) is 0 Å². The van der Waals surface area contributed by atoms with Gasteiger partial charge in [0.05, 0.1) is 0 Å². The molecule has 0 saturated carbocycles. The molecule has 4 aromatic rings. The Morgan fingerprint density at radius 3 is 0.706 bits per heavy atom. The van der Waals surface area contributed by atoms with Crippen LogP contribution < -0.4 is 0 Å². The molecule has 4 rings (SSSR count). The van der Waals surface area contributed by atoms with Gasteiger partial charge in [-0.1, -0.05) is 121 Å². The van der Waals surface area contributed by atoms with E-state index in [-0.39, 0.29) is 22.3 Å². The molecule has 0 aromatic heterocycles. The molecule has 174 valence electrons. The van der Waals surface area contributed by atoms with Crippen LogP contribution in [0.5, 0.6) is 0 Å². The first-order chi connectivity index (χ1) is 16.2. The Morgan fingerprint density at radius 2 is 0.559 bits per heavy atom.